The molecule has 4 heterocycles. The molecule has 2 amide bonds. The number of aryl methyl sites for hydroxylation is 1. The van der Waals surface area contributed by atoms with Gasteiger partial charge in [0.1, 0.15) is 17.4 Å². The SMILES string of the molecule is Cc1ncnc2[nH]cc(-c3ccc(NC(=O)Nc4cc(C5(C(F)(F)F)CC5)on4)c4occc34)c12. The summed E-state index contributed by atoms with van der Waals surface area (Å²) in [5, 5.41) is 10.3. The van der Waals surface area contributed by atoms with E-state index in [9.17, 15) is 18.0 Å². The third kappa shape index (κ3) is 3.32. The molecule has 1 aromatic carbocycles. The van der Waals surface area contributed by atoms with Gasteiger partial charge in [-0.05, 0) is 37.5 Å². The van der Waals surface area contributed by atoms with Crippen LogP contribution in [0.1, 0.15) is 24.3 Å². The lowest BCUT2D eigenvalue weighted by molar-refractivity contribution is -0.165. The van der Waals surface area contributed by atoms with Gasteiger partial charge in [-0.3, -0.25) is 5.32 Å². The highest BCUT2D eigenvalue weighted by molar-refractivity contribution is 6.10. The van der Waals surface area contributed by atoms with Crippen LogP contribution < -0.4 is 10.6 Å². The topological polar surface area (TPSA) is 122 Å². The Balaban J connectivity index is 1.26. The van der Waals surface area contributed by atoms with Crippen molar-refractivity contribution in [3.63, 3.8) is 0 Å². The molecule has 0 aliphatic heterocycles. The van der Waals surface area contributed by atoms with Crippen LogP contribution in [0.5, 0.6) is 0 Å². The molecule has 0 radical (unpaired) electrons. The molecular weight excluding hydrogens is 465 g/mol. The summed E-state index contributed by atoms with van der Waals surface area (Å²) in [5.74, 6) is -0.425. The first-order chi connectivity index (χ1) is 16.8. The highest BCUT2D eigenvalue weighted by Gasteiger charge is 2.66. The first-order valence-electron chi connectivity index (χ1n) is 10.7. The Hall–Kier alpha value is -4.35. The second-order valence-corrected chi connectivity index (χ2v) is 8.44. The number of benzene rings is 1. The Bertz CT molecular complexity index is 1600. The minimum atomic E-state index is -4.44. The van der Waals surface area contributed by atoms with Gasteiger partial charge in [0.05, 0.1) is 17.6 Å². The van der Waals surface area contributed by atoms with Crippen LogP contribution >= 0.6 is 0 Å². The maximum Gasteiger partial charge on any atom is 0.401 e. The number of aromatic amines is 1. The number of rotatable bonds is 4. The number of furan rings is 1. The minimum Gasteiger partial charge on any atom is -0.462 e. The van der Waals surface area contributed by atoms with Crippen LogP contribution in [0.15, 0.2) is 52.0 Å². The Morgan fingerprint density at radius 2 is 1.97 bits per heavy atom. The van der Waals surface area contributed by atoms with Crippen LogP contribution in [0.2, 0.25) is 0 Å². The quantitative estimate of drug-likeness (QED) is 0.293. The maximum atomic E-state index is 13.3. The molecule has 1 saturated carbocycles. The number of hydrogen-bond donors (Lipinski definition) is 3. The summed E-state index contributed by atoms with van der Waals surface area (Å²) in [4.78, 5) is 24.2. The molecule has 0 spiro atoms. The van der Waals surface area contributed by atoms with Crippen molar-refractivity contribution in [2.45, 2.75) is 31.4 Å². The number of hydrogen-bond acceptors (Lipinski definition) is 6. The summed E-state index contributed by atoms with van der Waals surface area (Å²) >= 11 is 0. The Morgan fingerprint density at radius 3 is 2.74 bits per heavy atom. The van der Waals surface area contributed by atoms with Crippen molar-refractivity contribution in [2.75, 3.05) is 10.6 Å². The normalized spacial score (nSPS) is 15.0. The summed E-state index contributed by atoms with van der Waals surface area (Å²) in [7, 11) is 0. The third-order valence-corrected chi connectivity index (χ3v) is 6.33. The maximum absolute atomic E-state index is 13.3. The average Bonchev–Trinajstić information content (AvgIpc) is 3.16. The number of H-pyrrole nitrogens is 1. The molecule has 0 unspecified atom stereocenters. The fraction of sp³-hybridized carbons (Fsp3) is 0.217. The third-order valence-electron chi connectivity index (χ3n) is 6.33. The van der Waals surface area contributed by atoms with E-state index in [4.69, 9.17) is 8.94 Å². The van der Waals surface area contributed by atoms with E-state index < -0.39 is 17.6 Å². The van der Waals surface area contributed by atoms with Gasteiger partial charge in [0, 0.05) is 28.6 Å². The molecule has 0 bridgehead atoms. The molecule has 1 aliphatic carbocycles. The molecule has 0 atom stereocenters. The van der Waals surface area contributed by atoms with Crippen LogP contribution in [0.3, 0.4) is 0 Å². The van der Waals surface area contributed by atoms with Crippen LogP contribution in [0.4, 0.5) is 29.5 Å². The van der Waals surface area contributed by atoms with Crippen LogP contribution in [-0.2, 0) is 5.41 Å². The van der Waals surface area contributed by atoms with Gasteiger partial charge in [-0.25, -0.2) is 14.8 Å². The van der Waals surface area contributed by atoms with Crippen molar-refractivity contribution in [3.8, 4) is 11.1 Å². The van der Waals surface area contributed by atoms with Gasteiger partial charge >= 0.3 is 12.2 Å². The lowest BCUT2D eigenvalue weighted by atomic mass is 10.0. The van der Waals surface area contributed by atoms with Crippen molar-refractivity contribution in [3.05, 3.63) is 54.5 Å². The van der Waals surface area contributed by atoms with Crippen molar-refractivity contribution < 1.29 is 26.9 Å². The number of halogens is 3. The number of urea groups is 1. The van der Waals surface area contributed by atoms with Crippen LogP contribution in [0, 0.1) is 6.92 Å². The Morgan fingerprint density at radius 1 is 1.14 bits per heavy atom. The number of carbonyl (C=O) groups excluding carboxylic acids is 1. The number of anilines is 2. The fourth-order valence-electron chi connectivity index (χ4n) is 4.35. The van der Waals surface area contributed by atoms with Crippen LogP contribution in [-0.4, -0.2) is 32.3 Å². The number of carbonyl (C=O) groups is 1. The minimum absolute atomic E-state index is 0.0672. The zero-order chi connectivity index (χ0) is 24.4. The van der Waals surface area contributed by atoms with Crippen LogP contribution in [0.25, 0.3) is 33.1 Å². The summed E-state index contributed by atoms with van der Waals surface area (Å²) < 4.78 is 50.4. The number of aromatic nitrogens is 4. The van der Waals surface area contributed by atoms with E-state index in [2.05, 4.69) is 30.7 Å². The van der Waals surface area contributed by atoms with E-state index >= 15 is 0 Å². The number of nitrogens with zero attached hydrogens (tertiary/aromatic N) is 3. The Labute approximate surface area is 194 Å². The summed E-state index contributed by atoms with van der Waals surface area (Å²) in [6.07, 6.45) is 0.260. The largest absolute Gasteiger partial charge is 0.462 e. The lowest BCUT2D eigenvalue weighted by Crippen LogP contribution is -2.28. The summed E-state index contributed by atoms with van der Waals surface area (Å²) in [6, 6.07) is 5.69. The monoisotopic (exact) mass is 482 g/mol. The molecule has 4 aromatic heterocycles. The van der Waals surface area contributed by atoms with Gasteiger partial charge in [-0.15, -0.1) is 0 Å². The number of nitrogens with one attached hydrogen (secondary N) is 3. The standard InChI is InChI=1S/C23H17F3N6O3/c1-11-18-14(9-27-20(18)29-10-28-11)12-2-3-15(19-13(12)4-7-34-19)30-21(33)31-17-8-16(35-32-17)22(5-6-22)23(24,25)26/h2-4,7-10H,5-6H2,1H3,(H,27,28,29)(H2,30,31,32,33). The van der Waals surface area contributed by atoms with E-state index in [1.54, 1.807) is 12.1 Å². The van der Waals surface area contributed by atoms with Gasteiger partial charge in [0.25, 0.3) is 0 Å². The molecule has 0 saturated heterocycles. The van der Waals surface area contributed by atoms with E-state index in [0.717, 1.165) is 33.7 Å². The van der Waals surface area contributed by atoms with Gasteiger partial charge in [-0.2, -0.15) is 13.2 Å². The van der Waals surface area contributed by atoms with Gasteiger partial charge in [-0.1, -0.05) is 11.2 Å². The summed E-state index contributed by atoms with van der Waals surface area (Å²) in [6.45, 7) is 1.89. The van der Waals surface area contributed by atoms with Gasteiger partial charge < -0.3 is 19.2 Å². The molecule has 178 valence electrons. The molecule has 3 N–H and O–H groups in total. The lowest BCUT2D eigenvalue weighted by Gasteiger charge is -2.15. The molecule has 9 nitrogen and oxygen atoms in total. The smallest absolute Gasteiger partial charge is 0.401 e. The molecule has 1 aliphatic rings. The summed E-state index contributed by atoms with van der Waals surface area (Å²) in [5.41, 5.74) is 2.04. The van der Waals surface area contributed by atoms with E-state index in [1.807, 2.05) is 19.2 Å². The number of amides is 2. The number of fused-ring (bicyclic) bond motifs is 2. The predicted molar refractivity (Wildman–Crippen MR) is 120 cm³/mol. The van der Waals surface area contributed by atoms with Crippen molar-refractivity contribution >= 4 is 39.5 Å². The average molecular weight is 482 g/mol. The molecule has 12 heteroatoms. The van der Waals surface area contributed by atoms with E-state index in [1.165, 1.54) is 12.6 Å². The van der Waals surface area contributed by atoms with E-state index in [0.29, 0.717) is 16.9 Å². The molecule has 6 rings (SSSR count). The first-order valence-corrected chi connectivity index (χ1v) is 10.7. The van der Waals surface area contributed by atoms with E-state index in [-0.39, 0.29) is 24.4 Å². The molecule has 35 heavy (non-hydrogen) atoms. The fourth-order valence-corrected chi connectivity index (χ4v) is 4.35. The second kappa shape index (κ2) is 7.32. The molecule has 5 aromatic rings. The highest BCUT2D eigenvalue weighted by atomic mass is 19.4. The van der Waals surface area contributed by atoms with Crippen molar-refractivity contribution in [2.24, 2.45) is 0 Å². The first kappa shape index (κ1) is 21.2. The van der Waals surface area contributed by atoms with Gasteiger partial charge in [0.2, 0.25) is 0 Å². The Kier molecular flexibility index (Phi) is 4.44. The van der Waals surface area contributed by atoms with Gasteiger partial charge in [0.15, 0.2) is 17.2 Å². The van der Waals surface area contributed by atoms with Crippen molar-refractivity contribution in [1.82, 2.24) is 20.1 Å². The predicted octanol–water partition coefficient (Wildman–Crippen LogP) is 5.91. The molecule has 1 fully saturated rings. The van der Waals surface area contributed by atoms with Crippen molar-refractivity contribution in [1.29, 1.82) is 0 Å². The highest BCUT2D eigenvalue weighted by Crippen LogP contribution is 2.59. The zero-order valence-corrected chi connectivity index (χ0v) is 18.2. The zero-order valence-electron chi connectivity index (χ0n) is 18.2. The molecular formula is C23H17F3N6O3. The number of alkyl halides is 3. The second-order valence-electron chi connectivity index (χ2n) is 8.44.